The number of halogens is 3. The second-order valence-electron chi connectivity index (χ2n) is 2.89. The van der Waals surface area contributed by atoms with Crippen LogP contribution in [0.5, 0.6) is 0 Å². The van der Waals surface area contributed by atoms with E-state index < -0.39 is 12.1 Å². The number of nitrogens with two attached hydrogens (primary N) is 1. The second kappa shape index (κ2) is 5.07. The van der Waals surface area contributed by atoms with E-state index in [0.717, 1.165) is 6.08 Å². The minimum absolute atomic E-state index is 0.0964. The first-order valence-corrected chi connectivity index (χ1v) is 3.96. The molecule has 0 heterocycles. The lowest BCUT2D eigenvalue weighted by molar-refractivity contribution is -0.160. The average Bonchev–Trinajstić information content (AvgIpc) is 2.01. The zero-order chi connectivity index (χ0) is 10.5. The first-order valence-electron chi connectivity index (χ1n) is 3.96. The zero-order valence-corrected chi connectivity index (χ0v) is 7.56. The van der Waals surface area contributed by atoms with Crippen LogP contribution in [0.1, 0.15) is 13.3 Å². The lowest BCUT2D eigenvalue weighted by Crippen LogP contribution is -2.21. The van der Waals surface area contributed by atoms with Crippen molar-refractivity contribution in [3.63, 3.8) is 0 Å². The molecule has 76 valence electrons. The highest BCUT2D eigenvalue weighted by molar-refractivity contribution is 5.05. The van der Waals surface area contributed by atoms with E-state index in [9.17, 15) is 13.2 Å². The van der Waals surface area contributed by atoms with Gasteiger partial charge >= 0.3 is 6.18 Å². The number of alkyl halides is 3. The van der Waals surface area contributed by atoms with Crippen LogP contribution in [0.2, 0.25) is 0 Å². The van der Waals surface area contributed by atoms with E-state index in [1.54, 1.807) is 6.92 Å². The number of hydrogen-bond acceptors (Lipinski definition) is 1. The van der Waals surface area contributed by atoms with Crippen LogP contribution in [0.4, 0.5) is 13.2 Å². The van der Waals surface area contributed by atoms with Crippen molar-refractivity contribution in [3.05, 3.63) is 24.3 Å². The summed E-state index contributed by atoms with van der Waals surface area (Å²) < 4.78 is 36.8. The molecule has 0 aromatic carbocycles. The molecule has 0 amide bonds. The SMILES string of the molecule is C=CCC(/C=C(/C)CN)C(F)(F)F. The maximum absolute atomic E-state index is 12.3. The van der Waals surface area contributed by atoms with Gasteiger partial charge in [-0.2, -0.15) is 13.2 Å². The Morgan fingerprint density at radius 1 is 1.54 bits per heavy atom. The zero-order valence-electron chi connectivity index (χ0n) is 7.56. The van der Waals surface area contributed by atoms with Gasteiger partial charge in [0.15, 0.2) is 0 Å². The topological polar surface area (TPSA) is 26.0 Å². The summed E-state index contributed by atoms with van der Waals surface area (Å²) in [6.07, 6.45) is -1.88. The van der Waals surface area contributed by atoms with Crippen LogP contribution in [-0.2, 0) is 0 Å². The summed E-state index contributed by atoms with van der Waals surface area (Å²) in [7, 11) is 0. The van der Waals surface area contributed by atoms with E-state index in [4.69, 9.17) is 5.73 Å². The Morgan fingerprint density at radius 2 is 2.08 bits per heavy atom. The molecule has 0 aromatic heterocycles. The Kier molecular flexibility index (Phi) is 4.77. The molecule has 0 saturated heterocycles. The van der Waals surface area contributed by atoms with Crippen molar-refractivity contribution in [3.8, 4) is 0 Å². The predicted octanol–water partition coefficient (Wildman–Crippen LogP) is 2.65. The fourth-order valence-electron chi connectivity index (χ4n) is 0.887. The van der Waals surface area contributed by atoms with Gasteiger partial charge < -0.3 is 5.73 Å². The van der Waals surface area contributed by atoms with Gasteiger partial charge in [-0.25, -0.2) is 0 Å². The largest absolute Gasteiger partial charge is 0.395 e. The Morgan fingerprint density at radius 3 is 2.38 bits per heavy atom. The van der Waals surface area contributed by atoms with Crippen LogP contribution in [0.15, 0.2) is 24.3 Å². The van der Waals surface area contributed by atoms with E-state index in [1.807, 2.05) is 0 Å². The quantitative estimate of drug-likeness (QED) is 0.682. The summed E-state index contributed by atoms with van der Waals surface area (Å²) in [5, 5.41) is 0. The minimum Gasteiger partial charge on any atom is -0.327 e. The van der Waals surface area contributed by atoms with Crippen molar-refractivity contribution >= 4 is 0 Å². The molecule has 1 nitrogen and oxygen atoms in total. The van der Waals surface area contributed by atoms with Crippen molar-refractivity contribution in [1.82, 2.24) is 0 Å². The van der Waals surface area contributed by atoms with Crippen LogP contribution in [0, 0.1) is 5.92 Å². The molecule has 0 radical (unpaired) electrons. The molecule has 0 fully saturated rings. The highest BCUT2D eigenvalue weighted by atomic mass is 19.4. The van der Waals surface area contributed by atoms with Gasteiger partial charge in [-0.05, 0) is 13.3 Å². The fraction of sp³-hybridized carbons (Fsp3) is 0.556. The first-order chi connectivity index (χ1) is 5.91. The van der Waals surface area contributed by atoms with Crippen LogP contribution in [0.25, 0.3) is 0 Å². The average molecular weight is 193 g/mol. The Hall–Kier alpha value is -0.770. The van der Waals surface area contributed by atoms with Crippen LogP contribution < -0.4 is 5.73 Å². The fourth-order valence-corrected chi connectivity index (χ4v) is 0.887. The molecule has 0 aromatic rings. The number of allylic oxidation sites excluding steroid dienone is 2. The van der Waals surface area contributed by atoms with Crippen LogP contribution in [0.3, 0.4) is 0 Å². The molecule has 0 spiro atoms. The summed E-state index contributed by atoms with van der Waals surface area (Å²) in [4.78, 5) is 0. The van der Waals surface area contributed by atoms with Gasteiger partial charge in [0, 0.05) is 6.54 Å². The van der Waals surface area contributed by atoms with Crippen LogP contribution >= 0.6 is 0 Å². The van der Waals surface area contributed by atoms with Gasteiger partial charge in [-0.15, -0.1) is 6.58 Å². The smallest absolute Gasteiger partial charge is 0.327 e. The second-order valence-corrected chi connectivity index (χ2v) is 2.89. The van der Waals surface area contributed by atoms with Crippen molar-refractivity contribution in [2.24, 2.45) is 11.7 Å². The molecular weight excluding hydrogens is 179 g/mol. The lowest BCUT2D eigenvalue weighted by atomic mass is 10.0. The maximum Gasteiger partial charge on any atom is 0.395 e. The predicted molar refractivity (Wildman–Crippen MR) is 47.2 cm³/mol. The van der Waals surface area contributed by atoms with Crippen LogP contribution in [-0.4, -0.2) is 12.7 Å². The van der Waals surface area contributed by atoms with Gasteiger partial charge in [-0.1, -0.05) is 17.7 Å². The molecule has 2 N–H and O–H groups in total. The minimum atomic E-state index is -4.20. The Bertz CT molecular complexity index is 194. The number of hydrogen-bond donors (Lipinski definition) is 1. The van der Waals surface area contributed by atoms with Gasteiger partial charge in [0.25, 0.3) is 0 Å². The summed E-state index contributed by atoms with van der Waals surface area (Å²) >= 11 is 0. The highest BCUT2D eigenvalue weighted by Gasteiger charge is 2.36. The molecule has 0 aliphatic rings. The molecule has 0 aliphatic carbocycles. The highest BCUT2D eigenvalue weighted by Crippen LogP contribution is 2.30. The summed E-state index contributed by atoms with van der Waals surface area (Å²) in [6.45, 7) is 5.03. The molecule has 4 heteroatoms. The summed E-state index contributed by atoms with van der Waals surface area (Å²) in [6, 6.07) is 0. The molecule has 0 aliphatic heterocycles. The van der Waals surface area contributed by atoms with E-state index in [2.05, 4.69) is 6.58 Å². The lowest BCUT2D eigenvalue weighted by Gasteiger charge is -2.15. The standard InChI is InChI=1S/C9H14F3N/c1-3-4-8(9(10,11)12)5-7(2)6-13/h3,5,8H,1,4,6,13H2,2H3/b7-5-. The van der Waals surface area contributed by atoms with Gasteiger partial charge in [0.2, 0.25) is 0 Å². The molecule has 0 rings (SSSR count). The molecular formula is C9H14F3N. The van der Waals surface area contributed by atoms with Gasteiger partial charge in [0.1, 0.15) is 0 Å². The number of rotatable bonds is 4. The molecule has 0 bridgehead atoms. The maximum atomic E-state index is 12.3. The van der Waals surface area contributed by atoms with Crippen molar-refractivity contribution in [1.29, 1.82) is 0 Å². The summed E-state index contributed by atoms with van der Waals surface area (Å²) in [5.41, 5.74) is 5.74. The Labute approximate surface area is 76.1 Å². The third-order valence-electron chi connectivity index (χ3n) is 1.65. The first kappa shape index (κ1) is 12.2. The summed E-state index contributed by atoms with van der Waals surface area (Å²) in [5.74, 6) is -1.45. The third kappa shape index (κ3) is 4.72. The third-order valence-corrected chi connectivity index (χ3v) is 1.65. The van der Waals surface area contributed by atoms with E-state index in [1.165, 1.54) is 6.08 Å². The van der Waals surface area contributed by atoms with Gasteiger partial charge in [0.05, 0.1) is 5.92 Å². The monoisotopic (exact) mass is 193 g/mol. The van der Waals surface area contributed by atoms with E-state index >= 15 is 0 Å². The Balaban J connectivity index is 4.52. The molecule has 13 heavy (non-hydrogen) atoms. The molecule has 0 saturated carbocycles. The normalized spacial score (nSPS) is 15.6. The van der Waals surface area contributed by atoms with Gasteiger partial charge in [-0.3, -0.25) is 0 Å². The van der Waals surface area contributed by atoms with Crippen molar-refractivity contribution < 1.29 is 13.2 Å². The van der Waals surface area contributed by atoms with Crippen molar-refractivity contribution in [2.45, 2.75) is 19.5 Å². The molecule has 1 unspecified atom stereocenters. The van der Waals surface area contributed by atoms with E-state index in [0.29, 0.717) is 5.57 Å². The van der Waals surface area contributed by atoms with E-state index in [-0.39, 0.29) is 13.0 Å². The van der Waals surface area contributed by atoms with Crippen molar-refractivity contribution in [2.75, 3.05) is 6.54 Å². The molecule has 1 atom stereocenters.